The van der Waals surface area contributed by atoms with Crippen LogP contribution in [0, 0.1) is 13.8 Å². The van der Waals surface area contributed by atoms with Crippen molar-refractivity contribution in [1.82, 2.24) is 4.98 Å². The minimum Gasteiger partial charge on any atom is -0.440 e. The van der Waals surface area contributed by atoms with E-state index in [1.807, 2.05) is 56.3 Å². The predicted octanol–water partition coefficient (Wildman–Crippen LogP) is 4.76. The number of carbonyl (C=O) groups excluding carboxylic acids is 1. The first-order valence-electron chi connectivity index (χ1n) is 9.26. The van der Waals surface area contributed by atoms with E-state index in [2.05, 4.69) is 0 Å². The predicted molar refractivity (Wildman–Crippen MR) is 118 cm³/mol. The molecule has 0 spiro atoms. The third-order valence-corrected chi connectivity index (χ3v) is 6.88. The van der Waals surface area contributed by atoms with Crippen molar-refractivity contribution < 1.29 is 17.6 Å². The van der Waals surface area contributed by atoms with Gasteiger partial charge in [0.05, 0.1) is 16.8 Å². The highest BCUT2D eigenvalue weighted by atomic mass is 32.2. The summed E-state index contributed by atoms with van der Waals surface area (Å²) in [4.78, 5) is 19.6. The lowest BCUT2D eigenvalue weighted by molar-refractivity contribution is 0.0953. The summed E-state index contributed by atoms with van der Waals surface area (Å²) in [7, 11) is -3.55. The molecule has 0 aliphatic heterocycles. The number of hydrogen-bond acceptors (Lipinski definition) is 6. The molecular weight excluding hydrogens is 420 g/mol. The van der Waals surface area contributed by atoms with Crippen LogP contribution < -0.4 is 4.90 Å². The number of hydrogen-bond donors (Lipinski definition) is 0. The molecule has 0 bridgehead atoms. The van der Waals surface area contributed by atoms with Gasteiger partial charge in [0.15, 0.2) is 10.9 Å². The van der Waals surface area contributed by atoms with Gasteiger partial charge < -0.3 is 4.42 Å². The number of anilines is 1. The number of amides is 1. The van der Waals surface area contributed by atoms with Crippen molar-refractivity contribution in [3.63, 3.8) is 0 Å². The summed E-state index contributed by atoms with van der Waals surface area (Å²) in [5, 5.41) is 0.297. The van der Waals surface area contributed by atoms with Gasteiger partial charge in [-0.1, -0.05) is 47.7 Å². The molecule has 2 heterocycles. The zero-order valence-corrected chi connectivity index (χ0v) is 18.4. The smallest absolute Gasteiger partial charge is 0.296 e. The molecule has 0 aliphatic rings. The largest absolute Gasteiger partial charge is 0.440 e. The number of sulfone groups is 1. The number of rotatable bonds is 5. The highest BCUT2D eigenvalue weighted by Gasteiger charge is 2.26. The first-order valence-corrected chi connectivity index (χ1v) is 12.0. The number of carbonyl (C=O) groups is 1. The van der Waals surface area contributed by atoms with Crippen LogP contribution in [0.15, 0.2) is 64.1 Å². The van der Waals surface area contributed by atoms with Gasteiger partial charge in [-0.15, -0.1) is 0 Å². The van der Waals surface area contributed by atoms with E-state index in [0.717, 1.165) is 33.2 Å². The van der Waals surface area contributed by atoms with Crippen LogP contribution in [0.25, 0.3) is 10.2 Å². The Morgan fingerprint density at radius 1 is 1.07 bits per heavy atom. The van der Waals surface area contributed by atoms with E-state index in [-0.39, 0.29) is 17.4 Å². The summed E-state index contributed by atoms with van der Waals surface area (Å²) in [6.07, 6.45) is 1.04. The number of benzene rings is 2. The highest BCUT2D eigenvalue weighted by Crippen LogP contribution is 2.33. The molecule has 1 amide bonds. The second-order valence-electron chi connectivity index (χ2n) is 7.12. The van der Waals surface area contributed by atoms with E-state index in [9.17, 15) is 13.2 Å². The van der Waals surface area contributed by atoms with E-state index in [4.69, 9.17) is 9.40 Å². The van der Waals surface area contributed by atoms with Gasteiger partial charge in [-0.3, -0.25) is 9.69 Å². The van der Waals surface area contributed by atoms with Crippen LogP contribution in [0.3, 0.4) is 0 Å². The fraction of sp³-hybridized carbons (Fsp3) is 0.182. The van der Waals surface area contributed by atoms with Gasteiger partial charge in [0.1, 0.15) is 0 Å². The maximum Gasteiger partial charge on any atom is 0.296 e. The fourth-order valence-electron chi connectivity index (χ4n) is 3.09. The molecule has 154 valence electrons. The van der Waals surface area contributed by atoms with Crippen LogP contribution in [-0.4, -0.2) is 25.6 Å². The van der Waals surface area contributed by atoms with Crippen LogP contribution in [0.5, 0.6) is 0 Å². The monoisotopic (exact) mass is 440 g/mol. The molecule has 4 aromatic rings. The number of thiazole rings is 1. The van der Waals surface area contributed by atoms with Crippen molar-refractivity contribution in [2.75, 3.05) is 11.2 Å². The van der Waals surface area contributed by atoms with Gasteiger partial charge >= 0.3 is 0 Å². The van der Waals surface area contributed by atoms with Crippen molar-refractivity contribution in [1.29, 1.82) is 0 Å². The van der Waals surface area contributed by atoms with Gasteiger partial charge in [0.25, 0.3) is 5.91 Å². The summed E-state index contributed by atoms with van der Waals surface area (Å²) in [5.74, 6) is -0.485. The van der Waals surface area contributed by atoms with E-state index in [1.54, 1.807) is 0 Å². The average molecular weight is 441 g/mol. The van der Waals surface area contributed by atoms with Crippen LogP contribution >= 0.6 is 11.3 Å². The Labute approximate surface area is 178 Å². The molecule has 0 saturated heterocycles. The minimum atomic E-state index is -3.55. The summed E-state index contributed by atoms with van der Waals surface area (Å²) in [6.45, 7) is 4.32. The SMILES string of the molecule is Cc1ccc2sc(N(Cc3ccccc3)C(=O)c3ccc(S(C)(=O)=O)o3)nc2c1C. The summed E-state index contributed by atoms with van der Waals surface area (Å²) in [6, 6.07) is 16.3. The van der Waals surface area contributed by atoms with Gasteiger partial charge in [0.2, 0.25) is 14.9 Å². The normalized spacial score (nSPS) is 11.7. The summed E-state index contributed by atoms with van der Waals surface area (Å²) in [5.41, 5.74) is 3.98. The molecule has 0 aliphatic carbocycles. The maximum absolute atomic E-state index is 13.3. The molecule has 0 unspecified atom stereocenters. The Balaban J connectivity index is 1.79. The number of fused-ring (bicyclic) bond motifs is 1. The van der Waals surface area contributed by atoms with E-state index in [0.29, 0.717) is 5.13 Å². The molecule has 6 nitrogen and oxygen atoms in total. The van der Waals surface area contributed by atoms with Crippen molar-refractivity contribution >= 4 is 42.4 Å². The van der Waals surface area contributed by atoms with Crippen LogP contribution in [0.1, 0.15) is 27.2 Å². The quantitative estimate of drug-likeness (QED) is 0.447. The van der Waals surface area contributed by atoms with Crippen LogP contribution in [-0.2, 0) is 16.4 Å². The Morgan fingerprint density at radius 3 is 2.47 bits per heavy atom. The second kappa shape index (κ2) is 7.70. The van der Waals surface area contributed by atoms with E-state index < -0.39 is 15.7 Å². The number of aryl methyl sites for hydroxylation is 2. The second-order valence-corrected chi connectivity index (χ2v) is 10.1. The molecule has 0 N–H and O–H groups in total. The van der Waals surface area contributed by atoms with Crippen LogP contribution in [0.2, 0.25) is 0 Å². The number of nitrogens with zero attached hydrogens (tertiary/aromatic N) is 2. The van der Waals surface area contributed by atoms with E-state index in [1.165, 1.54) is 28.4 Å². The third kappa shape index (κ3) is 3.88. The first-order chi connectivity index (χ1) is 14.2. The van der Waals surface area contributed by atoms with Gasteiger partial charge in [-0.2, -0.15) is 0 Å². The zero-order chi connectivity index (χ0) is 21.5. The topological polar surface area (TPSA) is 80.5 Å². The van der Waals surface area contributed by atoms with Gasteiger partial charge in [-0.05, 0) is 48.7 Å². The lowest BCUT2D eigenvalue weighted by Gasteiger charge is -2.18. The third-order valence-electron chi connectivity index (χ3n) is 4.89. The van der Waals surface area contributed by atoms with Gasteiger partial charge in [-0.25, -0.2) is 13.4 Å². The van der Waals surface area contributed by atoms with E-state index >= 15 is 0 Å². The standard InChI is InChI=1S/C22H20N2O4S2/c1-14-9-11-18-20(15(14)2)23-22(29-18)24(13-16-7-5-4-6-8-16)21(25)17-10-12-19(28-17)30(3,26)27/h4-12H,13H2,1-3H3. The lowest BCUT2D eigenvalue weighted by atomic mass is 10.1. The Bertz CT molecular complexity index is 1340. The number of furan rings is 1. The number of aromatic nitrogens is 1. The van der Waals surface area contributed by atoms with Crippen molar-refractivity contribution in [3.8, 4) is 0 Å². The summed E-state index contributed by atoms with van der Waals surface area (Å²) >= 11 is 1.42. The molecule has 2 aromatic heterocycles. The molecule has 4 rings (SSSR count). The Hall–Kier alpha value is -2.97. The first kappa shape index (κ1) is 20.3. The lowest BCUT2D eigenvalue weighted by Crippen LogP contribution is -2.30. The molecule has 0 saturated carbocycles. The molecule has 0 radical (unpaired) electrons. The molecule has 0 atom stereocenters. The van der Waals surface area contributed by atoms with Gasteiger partial charge in [0, 0.05) is 6.26 Å². The minimum absolute atomic E-state index is 0.0430. The fourth-order valence-corrected chi connectivity index (χ4v) is 4.67. The Kier molecular flexibility index (Phi) is 5.21. The van der Waals surface area contributed by atoms with Crippen molar-refractivity contribution in [2.24, 2.45) is 0 Å². The molecule has 8 heteroatoms. The van der Waals surface area contributed by atoms with Crippen LogP contribution in [0.4, 0.5) is 5.13 Å². The molecule has 0 fully saturated rings. The Morgan fingerprint density at radius 2 is 1.80 bits per heavy atom. The maximum atomic E-state index is 13.3. The molecule has 2 aromatic carbocycles. The van der Waals surface area contributed by atoms with Crippen molar-refractivity contribution in [2.45, 2.75) is 25.5 Å². The highest BCUT2D eigenvalue weighted by molar-refractivity contribution is 7.90. The zero-order valence-electron chi connectivity index (χ0n) is 16.7. The van der Waals surface area contributed by atoms with Crippen molar-refractivity contribution in [3.05, 3.63) is 77.0 Å². The average Bonchev–Trinajstić information content (AvgIpc) is 3.37. The molecular formula is C22H20N2O4S2. The summed E-state index contributed by atoms with van der Waals surface area (Å²) < 4.78 is 29.9. The molecule has 30 heavy (non-hydrogen) atoms.